The molecule has 6 unspecified atom stereocenters. The van der Waals surface area contributed by atoms with E-state index in [9.17, 15) is 24.9 Å². The van der Waals surface area contributed by atoms with Crippen molar-refractivity contribution in [3.05, 3.63) is 12.2 Å². The van der Waals surface area contributed by atoms with Crippen molar-refractivity contribution in [1.82, 2.24) is 5.32 Å². The molecule has 0 radical (unpaired) electrons. The molecule has 0 spiro atoms. The summed E-state index contributed by atoms with van der Waals surface area (Å²) in [6.07, 6.45) is -2.28. The maximum Gasteiger partial charge on any atom is 0.407 e. The van der Waals surface area contributed by atoms with Crippen LogP contribution in [0.25, 0.3) is 0 Å². The van der Waals surface area contributed by atoms with Crippen molar-refractivity contribution in [2.45, 2.75) is 84.4 Å². The van der Waals surface area contributed by atoms with Gasteiger partial charge in [0.05, 0.1) is 44.7 Å². The van der Waals surface area contributed by atoms with Gasteiger partial charge in [-0.05, 0) is 25.7 Å². The van der Waals surface area contributed by atoms with Gasteiger partial charge in [-0.1, -0.05) is 40.2 Å². The normalized spacial score (nSPS) is 25.9. The Kier molecular flexibility index (Phi) is 13.0. The quantitative estimate of drug-likeness (QED) is 0.162. The van der Waals surface area contributed by atoms with Crippen molar-refractivity contribution in [2.24, 2.45) is 11.3 Å². The summed E-state index contributed by atoms with van der Waals surface area (Å²) in [5.74, 6) is -1.22. The molecule has 4 N–H and O–H groups in total. The summed E-state index contributed by atoms with van der Waals surface area (Å²) < 4.78 is 21.8. The van der Waals surface area contributed by atoms with Gasteiger partial charge in [0.25, 0.3) is 0 Å². The first-order valence-electron chi connectivity index (χ1n) is 11.9. The monoisotopic (exact) mass is 489 g/mol. The number of rotatable bonds is 14. The van der Waals surface area contributed by atoms with Crippen molar-refractivity contribution in [3.63, 3.8) is 0 Å². The molecule has 1 amide bonds. The number of esters is 1. The predicted octanol–water partition coefficient (Wildman–Crippen LogP) is 1.55. The fourth-order valence-electron chi connectivity index (χ4n) is 3.71. The third-order valence-corrected chi connectivity index (χ3v) is 6.50. The highest BCUT2D eigenvalue weighted by molar-refractivity contribution is 5.86. The summed E-state index contributed by atoms with van der Waals surface area (Å²) in [5.41, 5.74) is 0.235. The SMILES string of the molecule is C=C(C)C(=O)OCCNC(=O)OC(C)COCC1OC(CC(C)(CC)CC)C(O)C(O)C1CO. The van der Waals surface area contributed by atoms with E-state index in [1.54, 1.807) is 6.92 Å². The zero-order chi connectivity index (χ0) is 25.9. The molecule has 0 aromatic heterocycles. The van der Waals surface area contributed by atoms with E-state index < -0.39 is 48.5 Å². The van der Waals surface area contributed by atoms with Crippen molar-refractivity contribution >= 4 is 12.1 Å². The summed E-state index contributed by atoms with van der Waals surface area (Å²) in [6.45, 7) is 12.8. The molecular formula is C24H43NO9. The molecule has 34 heavy (non-hydrogen) atoms. The number of carbonyl (C=O) groups is 2. The van der Waals surface area contributed by atoms with Crippen LogP contribution in [-0.2, 0) is 23.7 Å². The van der Waals surface area contributed by atoms with Gasteiger partial charge in [0, 0.05) is 11.5 Å². The van der Waals surface area contributed by atoms with E-state index in [-0.39, 0.29) is 44.0 Å². The lowest BCUT2D eigenvalue weighted by Gasteiger charge is -2.45. The van der Waals surface area contributed by atoms with Gasteiger partial charge in [0.1, 0.15) is 18.8 Å². The molecular weight excluding hydrogens is 446 g/mol. The number of carbonyl (C=O) groups excluding carboxylic acids is 2. The highest BCUT2D eigenvalue weighted by atomic mass is 16.6. The number of amides is 1. The van der Waals surface area contributed by atoms with Crippen LogP contribution in [0.4, 0.5) is 4.79 Å². The number of aliphatic hydroxyl groups is 3. The Bertz CT molecular complexity index is 652. The Morgan fingerprint density at radius 1 is 1.18 bits per heavy atom. The predicted molar refractivity (Wildman–Crippen MR) is 125 cm³/mol. The highest BCUT2D eigenvalue weighted by Crippen LogP contribution is 2.37. The minimum atomic E-state index is -1.13. The summed E-state index contributed by atoms with van der Waals surface area (Å²) >= 11 is 0. The maximum absolute atomic E-state index is 11.8. The highest BCUT2D eigenvalue weighted by Gasteiger charge is 2.45. The van der Waals surface area contributed by atoms with Crippen molar-refractivity contribution in [3.8, 4) is 0 Å². The fourth-order valence-corrected chi connectivity index (χ4v) is 3.71. The molecule has 1 heterocycles. The van der Waals surface area contributed by atoms with Gasteiger partial charge in [-0.2, -0.15) is 0 Å². The van der Waals surface area contributed by atoms with Gasteiger partial charge in [0.2, 0.25) is 0 Å². The first kappa shape index (κ1) is 30.3. The number of nitrogens with one attached hydrogen (secondary N) is 1. The third-order valence-electron chi connectivity index (χ3n) is 6.50. The molecule has 1 rings (SSSR count). The summed E-state index contributed by atoms with van der Waals surface area (Å²) in [6, 6.07) is 0. The van der Waals surface area contributed by atoms with E-state index in [1.807, 2.05) is 0 Å². The Morgan fingerprint density at radius 2 is 1.82 bits per heavy atom. The molecule has 198 valence electrons. The van der Waals surface area contributed by atoms with E-state index in [2.05, 4.69) is 32.7 Å². The van der Waals surface area contributed by atoms with Crippen LogP contribution in [-0.4, -0.2) is 90.9 Å². The summed E-state index contributed by atoms with van der Waals surface area (Å²) in [7, 11) is 0. The maximum atomic E-state index is 11.8. The van der Waals surface area contributed by atoms with E-state index in [0.717, 1.165) is 12.8 Å². The number of hydrogen-bond donors (Lipinski definition) is 4. The van der Waals surface area contributed by atoms with Crippen molar-refractivity contribution in [1.29, 1.82) is 0 Å². The fraction of sp³-hybridized carbons (Fsp3) is 0.833. The first-order valence-corrected chi connectivity index (χ1v) is 11.9. The van der Waals surface area contributed by atoms with Gasteiger partial charge >= 0.3 is 12.1 Å². The first-order chi connectivity index (χ1) is 16.0. The molecule has 1 aliphatic rings. The standard InChI is InChI=1S/C24H43NO9/c1-7-24(6,8-2)11-18-21(28)20(27)17(12-26)19(34-18)14-31-13-16(5)33-23(30)25-9-10-32-22(29)15(3)4/h16-21,26-28H,3,7-14H2,1-2,4-6H3,(H,25,30). The molecule has 1 fully saturated rings. The minimum Gasteiger partial charge on any atom is -0.460 e. The smallest absolute Gasteiger partial charge is 0.407 e. The number of hydrogen-bond acceptors (Lipinski definition) is 9. The second-order valence-electron chi connectivity index (χ2n) is 9.36. The summed E-state index contributed by atoms with van der Waals surface area (Å²) in [5, 5.41) is 33.3. The second kappa shape index (κ2) is 14.6. The average molecular weight is 490 g/mol. The number of ether oxygens (including phenoxy) is 4. The Morgan fingerprint density at radius 3 is 2.38 bits per heavy atom. The van der Waals surface area contributed by atoms with Crippen LogP contribution in [0.2, 0.25) is 0 Å². The van der Waals surface area contributed by atoms with E-state index in [1.165, 1.54) is 6.92 Å². The minimum absolute atomic E-state index is 0.00229. The topological polar surface area (TPSA) is 144 Å². The molecule has 0 bridgehead atoms. The number of aliphatic hydroxyl groups excluding tert-OH is 3. The van der Waals surface area contributed by atoms with E-state index in [4.69, 9.17) is 18.9 Å². The van der Waals surface area contributed by atoms with Crippen molar-refractivity contribution in [2.75, 3.05) is 33.0 Å². The lowest BCUT2D eigenvalue weighted by atomic mass is 9.76. The van der Waals surface area contributed by atoms with Gasteiger partial charge in [-0.25, -0.2) is 9.59 Å². The molecule has 0 aromatic rings. The Balaban J connectivity index is 2.49. The zero-order valence-electron chi connectivity index (χ0n) is 21.1. The molecule has 10 heteroatoms. The van der Waals surface area contributed by atoms with Gasteiger partial charge in [-0.15, -0.1) is 0 Å². The Hall–Kier alpha value is -1.72. The van der Waals surface area contributed by atoms with Crippen LogP contribution >= 0.6 is 0 Å². The molecule has 1 aliphatic heterocycles. The largest absolute Gasteiger partial charge is 0.460 e. The van der Waals surface area contributed by atoms with Crippen LogP contribution in [0.15, 0.2) is 12.2 Å². The molecule has 0 aromatic carbocycles. The van der Waals surface area contributed by atoms with E-state index in [0.29, 0.717) is 6.42 Å². The van der Waals surface area contributed by atoms with Crippen LogP contribution in [0.1, 0.15) is 53.9 Å². The lowest BCUT2D eigenvalue weighted by Crippen LogP contribution is -2.57. The van der Waals surface area contributed by atoms with Gasteiger partial charge in [-0.3, -0.25) is 0 Å². The number of alkyl carbamates (subject to hydrolysis) is 1. The van der Waals surface area contributed by atoms with Crippen LogP contribution in [0.5, 0.6) is 0 Å². The lowest BCUT2D eigenvalue weighted by molar-refractivity contribution is -0.226. The Labute approximate surface area is 202 Å². The third kappa shape index (κ3) is 9.50. The summed E-state index contributed by atoms with van der Waals surface area (Å²) in [4.78, 5) is 23.1. The zero-order valence-corrected chi connectivity index (χ0v) is 21.1. The molecule has 6 atom stereocenters. The molecule has 0 saturated carbocycles. The van der Waals surface area contributed by atoms with Crippen molar-refractivity contribution < 1.29 is 43.9 Å². The molecule has 1 saturated heterocycles. The van der Waals surface area contributed by atoms with E-state index >= 15 is 0 Å². The van der Waals surface area contributed by atoms with Gasteiger partial charge in [0.15, 0.2) is 0 Å². The van der Waals surface area contributed by atoms with Crippen LogP contribution < -0.4 is 5.32 Å². The van der Waals surface area contributed by atoms with Crippen LogP contribution in [0.3, 0.4) is 0 Å². The molecule has 10 nitrogen and oxygen atoms in total. The second-order valence-corrected chi connectivity index (χ2v) is 9.36. The molecule has 0 aliphatic carbocycles. The van der Waals surface area contributed by atoms with Gasteiger partial charge < -0.3 is 39.6 Å². The average Bonchev–Trinajstić information content (AvgIpc) is 2.79. The van der Waals surface area contributed by atoms with Crippen LogP contribution in [0, 0.1) is 11.3 Å².